The minimum absolute atomic E-state index is 0.300. The van der Waals surface area contributed by atoms with Crippen LogP contribution in [0.4, 0.5) is 11.6 Å². The van der Waals surface area contributed by atoms with Crippen LogP contribution < -0.4 is 20.1 Å². The molecule has 0 aliphatic heterocycles. The topological polar surface area (TPSA) is 85.4 Å². The van der Waals surface area contributed by atoms with Gasteiger partial charge in [-0.3, -0.25) is 4.79 Å². The summed E-state index contributed by atoms with van der Waals surface area (Å²) >= 11 is 0. The van der Waals surface area contributed by atoms with Crippen LogP contribution in [0, 0.1) is 12.8 Å². The quantitative estimate of drug-likeness (QED) is 0.803. The number of aromatic nitrogens is 2. The van der Waals surface area contributed by atoms with Crippen LogP contribution in [0.15, 0.2) is 24.3 Å². The summed E-state index contributed by atoms with van der Waals surface area (Å²) in [6, 6.07) is 6.82. The van der Waals surface area contributed by atoms with Gasteiger partial charge in [-0.25, -0.2) is 9.97 Å². The first kappa shape index (κ1) is 18.5. The van der Waals surface area contributed by atoms with Gasteiger partial charge in [0.1, 0.15) is 5.69 Å². The first-order chi connectivity index (χ1) is 11.9. The fourth-order valence-corrected chi connectivity index (χ4v) is 2.17. The Bertz CT molecular complexity index is 747. The predicted octanol–water partition coefficient (Wildman–Crippen LogP) is 3.12. The number of amides is 1. The number of nitrogens with zero attached hydrogens (tertiary/aromatic N) is 2. The van der Waals surface area contributed by atoms with Crippen LogP contribution in [0.5, 0.6) is 11.5 Å². The SMILES string of the molecule is COc1ccc(NC(=O)c2cc(C)nc(NCC(C)C)n2)cc1OC. The fraction of sp³-hybridized carbons (Fsp3) is 0.389. The highest BCUT2D eigenvalue weighted by atomic mass is 16.5. The zero-order valence-electron chi connectivity index (χ0n) is 15.2. The van der Waals surface area contributed by atoms with Crippen molar-refractivity contribution in [1.29, 1.82) is 0 Å². The maximum absolute atomic E-state index is 12.5. The molecule has 0 fully saturated rings. The zero-order chi connectivity index (χ0) is 18.4. The Hall–Kier alpha value is -2.83. The lowest BCUT2D eigenvalue weighted by Crippen LogP contribution is -2.17. The van der Waals surface area contributed by atoms with Crippen LogP contribution in [0.2, 0.25) is 0 Å². The molecule has 0 aliphatic carbocycles. The molecule has 2 rings (SSSR count). The number of hydrogen-bond acceptors (Lipinski definition) is 6. The molecule has 0 saturated carbocycles. The Morgan fingerprint density at radius 3 is 2.48 bits per heavy atom. The van der Waals surface area contributed by atoms with Gasteiger partial charge in [-0.1, -0.05) is 13.8 Å². The Kier molecular flexibility index (Phi) is 6.16. The highest BCUT2D eigenvalue weighted by Gasteiger charge is 2.13. The molecule has 0 bridgehead atoms. The molecule has 2 aromatic rings. The standard InChI is InChI=1S/C18H24N4O3/c1-11(2)10-19-18-20-12(3)8-14(22-18)17(23)21-13-6-7-15(24-4)16(9-13)25-5/h6-9,11H,10H2,1-5H3,(H,21,23)(H,19,20,22). The number of benzene rings is 1. The zero-order valence-corrected chi connectivity index (χ0v) is 15.2. The highest BCUT2D eigenvalue weighted by Crippen LogP contribution is 2.29. The third kappa shape index (κ3) is 5.07. The molecular formula is C18H24N4O3. The van der Waals surface area contributed by atoms with Gasteiger partial charge in [-0.05, 0) is 31.0 Å². The van der Waals surface area contributed by atoms with Gasteiger partial charge in [0, 0.05) is 24.0 Å². The van der Waals surface area contributed by atoms with E-state index in [4.69, 9.17) is 9.47 Å². The van der Waals surface area contributed by atoms with Crippen molar-refractivity contribution in [2.24, 2.45) is 5.92 Å². The maximum Gasteiger partial charge on any atom is 0.274 e. The number of rotatable bonds is 7. The summed E-state index contributed by atoms with van der Waals surface area (Å²) in [5.41, 5.74) is 1.61. The number of methoxy groups -OCH3 is 2. The molecule has 0 spiro atoms. The van der Waals surface area contributed by atoms with Crippen molar-refractivity contribution in [3.8, 4) is 11.5 Å². The van der Waals surface area contributed by atoms with E-state index in [9.17, 15) is 4.79 Å². The molecule has 2 N–H and O–H groups in total. The van der Waals surface area contributed by atoms with Crippen molar-refractivity contribution in [2.75, 3.05) is 31.4 Å². The van der Waals surface area contributed by atoms with Gasteiger partial charge >= 0.3 is 0 Å². The van der Waals surface area contributed by atoms with Gasteiger partial charge in [0.05, 0.1) is 14.2 Å². The third-order valence-electron chi connectivity index (χ3n) is 3.40. The average Bonchev–Trinajstić information content (AvgIpc) is 2.59. The van der Waals surface area contributed by atoms with Crippen LogP contribution >= 0.6 is 0 Å². The molecule has 0 aliphatic rings. The number of nitrogens with one attached hydrogen (secondary N) is 2. The average molecular weight is 344 g/mol. The molecular weight excluding hydrogens is 320 g/mol. The molecule has 1 aromatic heterocycles. The second kappa shape index (κ2) is 8.32. The summed E-state index contributed by atoms with van der Waals surface area (Å²) in [7, 11) is 3.11. The lowest BCUT2D eigenvalue weighted by Gasteiger charge is -2.12. The Labute approximate surface area is 147 Å². The molecule has 0 unspecified atom stereocenters. The highest BCUT2D eigenvalue weighted by molar-refractivity contribution is 6.03. The Balaban J connectivity index is 2.17. The van der Waals surface area contributed by atoms with Crippen LogP contribution in [0.1, 0.15) is 30.0 Å². The van der Waals surface area contributed by atoms with E-state index in [1.807, 2.05) is 6.92 Å². The number of aryl methyl sites for hydroxylation is 1. The minimum atomic E-state index is -0.315. The maximum atomic E-state index is 12.5. The Morgan fingerprint density at radius 1 is 1.12 bits per heavy atom. The first-order valence-corrected chi connectivity index (χ1v) is 8.06. The predicted molar refractivity (Wildman–Crippen MR) is 97.6 cm³/mol. The molecule has 1 aromatic carbocycles. The number of ether oxygens (including phenoxy) is 2. The lowest BCUT2D eigenvalue weighted by atomic mass is 10.2. The van der Waals surface area contributed by atoms with Crippen molar-refractivity contribution >= 4 is 17.5 Å². The van der Waals surface area contributed by atoms with Gasteiger partial charge in [-0.15, -0.1) is 0 Å². The van der Waals surface area contributed by atoms with E-state index >= 15 is 0 Å². The summed E-state index contributed by atoms with van der Waals surface area (Å²) in [6.45, 7) is 6.75. The number of anilines is 2. The number of carbonyl (C=O) groups excluding carboxylic acids is 1. The van der Waals surface area contributed by atoms with E-state index in [0.29, 0.717) is 34.7 Å². The van der Waals surface area contributed by atoms with Crippen molar-refractivity contribution in [1.82, 2.24) is 9.97 Å². The molecule has 7 heteroatoms. The van der Waals surface area contributed by atoms with E-state index in [-0.39, 0.29) is 5.91 Å². The summed E-state index contributed by atoms with van der Waals surface area (Å²) in [4.78, 5) is 21.1. The number of carbonyl (C=O) groups is 1. The van der Waals surface area contributed by atoms with Gasteiger partial charge in [-0.2, -0.15) is 0 Å². The molecule has 134 valence electrons. The van der Waals surface area contributed by atoms with E-state index in [0.717, 1.165) is 12.2 Å². The summed E-state index contributed by atoms with van der Waals surface area (Å²) in [5.74, 6) is 1.72. The van der Waals surface area contributed by atoms with E-state index in [2.05, 4.69) is 34.4 Å². The smallest absolute Gasteiger partial charge is 0.274 e. The van der Waals surface area contributed by atoms with Crippen LogP contribution in [0.3, 0.4) is 0 Å². The second-order valence-electron chi connectivity index (χ2n) is 6.02. The summed E-state index contributed by atoms with van der Waals surface area (Å²) in [6.07, 6.45) is 0. The molecule has 0 saturated heterocycles. The molecule has 0 atom stereocenters. The second-order valence-corrected chi connectivity index (χ2v) is 6.02. The third-order valence-corrected chi connectivity index (χ3v) is 3.40. The summed E-state index contributed by atoms with van der Waals surface area (Å²) in [5, 5.41) is 5.95. The van der Waals surface area contributed by atoms with Crippen molar-refractivity contribution in [3.05, 3.63) is 35.7 Å². The van der Waals surface area contributed by atoms with E-state index < -0.39 is 0 Å². The molecule has 1 amide bonds. The molecule has 0 radical (unpaired) electrons. The van der Waals surface area contributed by atoms with Crippen LogP contribution in [-0.2, 0) is 0 Å². The van der Waals surface area contributed by atoms with Gasteiger partial charge in [0.2, 0.25) is 5.95 Å². The Morgan fingerprint density at radius 2 is 1.84 bits per heavy atom. The first-order valence-electron chi connectivity index (χ1n) is 8.06. The lowest BCUT2D eigenvalue weighted by molar-refractivity contribution is 0.102. The van der Waals surface area contributed by atoms with E-state index in [1.54, 1.807) is 38.5 Å². The van der Waals surface area contributed by atoms with Crippen molar-refractivity contribution in [2.45, 2.75) is 20.8 Å². The molecule has 1 heterocycles. The molecule has 7 nitrogen and oxygen atoms in total. The van der Waals surface area contributed by atoms with Gasteiger partial charge < -0.3 is 20.1 Å². The van der Waals surface area contributed by atoms with Gasteiger partial charge in [0.15, 0.2) is 11.5 Å². The monoisotopic (exact) mass is 344 g/mol. The summed E-state index contributed by atoms with van der Waals surface area (Å²) < 4.78 is 10.4. The van der Waals surface area contributed by atoms with Crippen molar-refractivity contribution in [3.63, 3.8) is 0 Å². The normalized spacial score (nSPS) is 10.5. The van der Waals surface area contributed by atoms with Crippen LogP contribution in [-0.4, -0.2) is 36.6 Å². The van der Waals surface area contributed by atoms with E-state index in [1.165, 1.54) is 0 Å². The van der Waals surface area contributed by atoms with Crippen molar-refractivity contribution < 1.29 is 14.3 Å². The number of hydrogen-bond donors (Lipinski definition) is 2. The van der Waals surface area contributed by atoms with Gasteiger partial charge in [0.25, 0.3) is 5.91 Å². The van der Waals surface area contributed by atoms with Crippen LogP contribution in [0.25, 0.3) is 0 Å². The fourth-order valence-electron chi connectivity index (χ4n) is 2.17. The minimum Gasteiger partial charge on any atom is -0.493 e. The largest absolute Gasteiger partial charge is 0.493 e. The molecule has 25 heavy (non-hydrogen) atoms.